The molecule has 4 heteroatoms. The van der Waals surface area contributed by atoms with E-state index in [1.165, 1.54) is 0 Å². The number of anilines is 1. The number of carbonyl (C=O) groups excluding carboxylic acids is 1. The first-order valence-corrected chi connectivity index (χ1v) is 7.89. The quantitative estimate of drug-likeness (QED) is 0.801. The van der Waals surface area contributed by atoms with Crippen molar-refractivity contribution in [3.63, 3.8) is 0 Å². The second-order valence-electron chi connectivity index (χ2n) is 4.96. The third-order valence-corrected chi connectivity index (χ3v) is 4.02. The zero-order valence-corrected chi connectivity index (χ0v) is 12.8. The van der Waals surface area contributed by atoms with Crippen molar-refractivity contribution in [3.05, 3.63) is 46.9 Å². The fourth-order valence-electron chi connectivity index (χ4n) is 2.20. The van der Waals surface area contributed by atoms with Gasteiger partial charge in [0.25, 0.3) is 0 Å². The van der Waals surface area contributed by atoms with Gasteiger partial charge in [0.05, 0.1) is 18.4 Å². The zero-order chi connectivity index (χ0) is 14.4. The number of rotatable bonds is 6. The normalized spacial score (nSPS) is 12.1. The molecule has 2 heterocycles. The van der Waals surface area contributed by atoms with Crippen molar-refractivity contribution < 1.29 is 4.79 Å². The van der Waals surface area contributed by atoms with E-state index in [1.54, 1.807) is 23.7 Å². The molecule has 0 unspecified atom stereocenters. The topological polar surface area (TPSA) is 33.2 Å². The molecule has 1 atom stereocenters. The van der Waals surface area contributed by atoms with Crippen LogP contribution in [0.15, 0.2) is 41.4 Å². The largest absolute Gasteiger partial charge is 0.306 e. The maximum atomic E-state index is 12.7. The summed E-state index contributed by atoms with van der Waals surface area (Å²) in [6.07, 6.45) is 5.42. The summed E-state index contributed by atoms with van der Waals surface area (Å²) in [6.45, 7) is 4.72. The number of pyridine rings is 1. The van der Waals surface area contributed by atoms with E-state index in [2.05, 4.69) is 23.4 Å². The van der Waals surface area contributed by atoms with Crippen LogP contribution in [-0.4, -0.2) is 10.9 Å². The number of hydrogen-bond donors (Lipinski definition) is 0. The van der Waals surface area contributed by atoms with Crippen molar-refractivity contribution in [1.82, 2.24) is 4.98 Å². The number of hydrogen-bond acceptors (Lipinski definition) is 3. The molecule has 1 amide bonds. The van der Waals surface area contributed by atoms with E-state index in [1.807, 2.05) is 29.3 Å². The van der Waals surface area contributed by atoms with E-state index >= 15 is 0 Å². The molecular weight excluding hydrogens is 268 g/mol. The highest BCUT2D eigenvalue weighted by molar-refractivity contribution is 7.07. The second-order valence-corrected chi connectivity index (χ2v) is 5.74. The molecule has 0 N–H and O–H groups in total. The molecular formula is C16H20N2OS. The Balaban J connectivity index is 2.22. The van der Waals surface area contributed by atoms with Gasteiger partial charge in [-0.3, -0.25) is 9.78 Å². The third-order valence-electron chi connectivity index (χ3n) is 3.29. The Morgan fingerprint density at radius 3 is 2.90 bits per heavy atom. The highest BCUT2D eigenvalue weighted by atomic mass is 32.1. The molecule has 2 rings (SSSR count). The van der Waals surface area contributed by atoms with Crippen LogP contribution in [0, 0.1) is 5.92 Å². The molecule has 0 fully saturated rings. The van der Waals surface area contributed by atoms with Crippen molar-refractivity contribution >= 4 is 22.9 Å². The van der Waals surface area contributed by atoms with Crippen LogP contribution in [0.25, 0.3) is 0 Å². The number of carbonyl (C=O) groups is 1. The summed E-state index contributed by atoms with van der Waals surface area (Å²) in [5, 5.41) is 4.12. The Labute approximate surface area is 124 Å². The van der Waals surface area contributed by atoms with Crippen LogP contribution in [0.3, 0.4) is 0 Å². The van der Waals surface area contributed by atoms with Crippen LogP contribution in [0.1, 0.15) is 32.3 Å². The molecule has 0 spiro atoms. The van der Waals surface area contributed by atoms with Crippen molar-refractivity contribution in [3.8, 4) is 0 Å². The third kappa shape index (κ3) is 3.67. The van der Waals surface area contributed by atoms with Crippen LogP contribution in [-0.2, 0) is 11.3 Å². The molecule has 2 aromatic rings. The Morgan fingerprint density at radius 1 is 1.45 bits per heavy atom. The van der Waals surface area contributed by atoms with Gasteiger partial charge in [-0.05, 0) is 40.9 Å². The van der Waals surface area contributed by atoms with Gasteiger partial charge in [0.15, 0.2) is 0 Å². The summed E-state index contributed by atoms with van der Waals surface area (Å²) in [5.74, 6) is 0.213. The average molecular weight is 288 g/mol. The molecule has 0 radical (unpaired) electrons. The maximum Gasteiger partial charge on any atom is 0.230 e. The minimum absolute atomic E-state index is 0.0406. The molecule has 0 aliphatic rings. The molecule has 0 saturated heterocycles. The molecule has 106 valence electrons. The summed E-state index contributed by atoms with van der Waals surface area (Å²) in [6, 6.07) is 5.87. The smallest absolute Gasteiger partial charge is 0.230 e. The average Bonchev–Trinajstić information content (AvgIpc) is 2.98. The van der Waals surface area contributed by atoms with E-state index in [0.717, 1.165) is 24.1 Å². The van der Waals surface area contributed by atoms with Crippen LogP contribution < -0.4 is 4.90 Å². The molecule has 3 nitrogen and oxygen atoms in total. The van der Waals surface area contributed by atoms with Crippen LogP contribution in [0.4, 0.5) is 5.69 Å². The van der Waals surface area contributed by atoms with Gasteiger partial charge in [-0.2, -0.15) is 11.3 Å². The Kier molecular flexibility index (Phi) is 5.30. The van der Waals surface area contributed by atoms with E-state index in [4.69, 9.17) is 0 Å². The first-order chi connectivity index (χ1) is 9.72. The summed E-state index contributed by atoms with van der Waals surface area (Å²) < 4.78 is 0. The minimum atomic E-state index is 0.0406. The van der Waals surface area contributed by atoms with Crippen LogP contribution >= 0.6 is 11.3 Å². The van der Waals surface area contributed by atoms with Gasteiger partial charge < -0.3 is 4.90 Å². The molecule has 0 bridgehead atoms. The summed E-state index contributed by atoms with van der Waals surface area (Å²) >= 11 is 1.65. The lowest BCUT2D eigenvalue weighted by atomic mass is 10.0. The van der Waals surface area contributed by atoms with E-state index in [9.17, 15) is 4.79 Å². The minimum Gasteiger partial charge on any atom is -0.306 e. The zero-order valence-electron chi connectivity index (χ0n) is 12.0. The lowest BCUT2D eigenvalue weighted by Gasteiger charge is -2.25. The Bertz CT molecular complexity index is 525. The van der Waals surface area contributed by atoms with Gasteiger partial charge in [-0.1, -0.05) is 20.3 Å². The fraction of sp³-hybridized carbons (Fsp3) is 0.375. The first-order valence-electron chi connectivity index (χ1n) is 6.95. The van der Waals surface area contributed by atoms with Gasteiger partial charge in [0.1, 0.15) is 0 Å². The summed E-state index contributed by atoms with van der Waals surface area (Å²) in [4.78, 5) is 18.6. The Hall–Kier alpha value is -1.68. The van der Waals surface area contributed by atoms with Crippen LogP contribution in [0.5, 0.6) is 0 Å². The molecule has 0 aliphatic carbocycles. The lowest BCUT2D eigenvalue weighted by molar-refractivity contribution is -0.122. The molecule has 20 heavy (non-hydrogen) atoms. The predicted octanol–water partition coefficient (Wildman–Crippen LogP) is 4.11. The predicted molar refractivity (Wildman–Crippen MR) is 83.8 cm³/mol. The lowest BCUT2D eigenvalue weighted by Crippen LogP contribution is -2.34. The van der Waals surface area contributed by atoms with E-state index in [0.29, 0.717) is 6.54 Å². The van der Waals surface area contributed by atoms with Gasteiger partial charge in [-0.15, -0.1) is 0 Å². The monoisotopic (exact) mass is 288 g/mol. The highest BCUT2D eigenvalue weighted by Gasteiger charge is 2.21. The second kappa shape index (κ2) is 7.20. The van der Waals surface area contributed by atoms with Gasteiger partial charge in [0, 0.05) is 12.1 Å². The van der Waals surface area contributed by atoms with Crippen molar-refractivity contribution in [2.24, 2.45) is 5.92 Å². The maximum absolute atomic E-state index is 12.7. The van der Waals surface area contributed by atoms with Crippen molar-refractivity contribution in [1.29, 1.82) is 0 Å². The van der Waals surface area contributed by atoms with Crippen molar-refractivity contribution in [2.75, 3.05) is 4.90 Å². The van der Waals surface area contributed by atoms with Crippen LogP contribution in [0.2, 0.25) is 0 Å². The fourth-order valence-corrected chi connectivity index (χ4v) is 2.86. The summed E-state index contributed by atoms with van der Waals surface area (Å²) in [7, 11) is 0. The first kappa shape index (κ1) is 14.7. The number of aromatic nitrogens is 1. The number of nitrogens with zero attached hydrogens (tertiary/aromatic N) is 2. The number of amides is 1. The number of thiophene rings is 1. The molecule has 0 saturated carbocycles. The van der Waals surface area contributed by atoms with E-state index < -0.39 is 0 Å². The molecule has 0 aromatic carbocycles. The van der Waals surface area contributed by atoms with Gasteiger partial charge in [0.2, 0.25) is 5.91 Å². The summed E-state index contributed by atoms with van der Waals surface area (Å²) in [5.41, 5.74) is 2.03. The van der Waals surface area contributed by atoms with Gasteiger partial charge >= 0.3 is 0 Å². The Morgan fingerprint density at radius 2 is 2.30 bits per heavy atom. The molecule has 0 aliphatic heterocycles. The van der Waals surface area contributed by atoms with Crippen molar-refractivity contribution in [2.45, 2.75) is 33.2 Å². The highest BCUT2D eigenvalue weighted by Crippen LogP contribution is 2.21. The standard InChI is InChI=1S/C16H20N2OS/c1-3-5-13(2)16(19)18(11-14-7-9-20-12-14)15-6-4-8-17-10-15/h4,6-10,12-13H,3,5,11H2,1-2H3/t13-/m1/s1. The molecule has 2 aromatic heterocycles. The van der Waals surface area contributed by atoms with E-state index in [-0.39, 0.29) is 11.8 Å². The SMILES string of the molecule is CCC[C@@H](C)C(=O)N(Cc1ccsc1)c1cccnc1. The van der Waals surface area contributed by atoms with Gasteiger partial charge in [-0.25, -0.2) is 0 Å².